The first-order valence-electron chi connectivity index (χ1n) is 7.96. The molecule has 0 spiro atoms. The van der Waals surface area contributed by atoms with Crippen LogP contribution in [0.25, 0.3) is 17.2 Å². The molecule has 0 atom stereocenters. The molecule has 0 radical (unpaired) electrons. The fourth-order valence-electron chi connectivity index (χ4n) is 2.44. The Kier molecular flexibility index (Phi) is 6.21. The molecule has 0 unspecified atom stereocenters. The second-order valence-electron chi connectivity index (χ2n) is 5.49. The molecule has 0 aliphatic carbocycles. The van der Waals surface area contributed by atoms with E-state index in [-0.39, 0.29) is 5.02 Å². The summed E-state index contributed by atoms with van der Waals surface area (Å²) in [5.74, 6) is -0.0884. The third-order valence-corrected chi connectivity index (χ3v) is 4.68. The molecule has 1 aromatic heterocycles. The van der Waals surface area contributed by atoms with E-state index in [1.54, 1.807) is 18.3 Å². The lowest BCUT2D eigenvalue weighted by molar-refractivity contribution is -0.104. The minimum absolute atomic E-state index is 0.0295. The van der Waals surface area contributed by atoms with Crippen molar-refractivity contribution in [2.24, 2.45) is 0 Å². The number of benzene rings is 2. The zero-order valence-corrected chi connectivity index (χ0v) is 15.9. The van der Waals surface area contributed by atoms with Crippen LogP contribution in [-0.2, 0) is 4.79 Å². The average Bonchev–Trinajstić information content (AvgIpc) is 2.69. The lowest BCUT2D eigenvalue weighted by atomic mass is 10.1. The Bertz CT molecular complexity index is 1010. The van der Waals surface area contributed by atoms with E-state index in [1.807, 2.05) is 30.5 Å². The third-order valence-electron chi connectivity index (χ3n) is 3.69. The van der Waals surface area contributed by atoms with Gasteiger partial charge in [0.15, 0.2) is 0 Å². The number of carbonyl (C=O) groups excluding carboxylic acids is 1. The molecule has 4 nitrogen and oxygen atoms in total. The average molecular weight is 400 g/mol. The number of anilines is 2. The Labute approximate surface area is 165 Å². The first kappa shape index (κ1) is 19.1. The number of nitrogens with one attached hydrogen (secondary N) is 1. The predicted molar refractivity (Wildman–Crippen MR) is 109 cm³/mol. The summed E-state index contributed by atoms with van der Waals surface area (Å²) < 4.78 is 13.3. The first-order valence-corrected chi connectivity index (χ1v) is 9.56. The van der Waals surface area contributed by atoms with Crippen LogP contribution in [0.3, 0.4) is 0 Å². The van der Waals surface area contributed by atoms with Crippen molar-refractivity contribution in [3.8, 4) is 11.1 Å². The number of rotatable bonds is 6. The summed E-state index contributed by atoms with van der Waals surface area (Å²) >= 11 is 7.30. The van der Waals surface area contributed by atoms with Crippen LogP contribution in [0.5, 0.6) is 0 Å². The van der Waals surface area contributed by atoms with Crippen LogP contribution < -0.4 is 5.32 Å². The summed E-state index contributed by atoms with van der Waals surface area (Å²) in [6.45, 7) is 0. The highest BCUT2D eigenvalue weighted by molar-refractivity contribution is 7.98. The van der Waals surface area contributed by atoms with Crippen LogP contribution in [0, 0.1) is 5.82 Å². The summed E-state index contributed by atoms with van der Waals surface area (Å²) in [6, 6.07) is 12.1. The lowest BCUT2D eigenvalue weighted by Gasteiger charge is -2.11. The fraction of sp³-hybridized carbons (Fsp3) is 0.0500. The van der Waals surface area contributed by atoms with Gasteiger partial charge in [0.1, 0.15) is 17.1 Å². The molecule has 7 heteroatoms. The van der Waals surface area contributed by atoms with Crippen molar-refractivity contribution >= 4 is 47.4 Å². The van der Waals surface area contributed by atoms with Gasteiger partial charge in [0, 0.05) is 17.4 Å². The van der Waals surface area contributed by atoms with E-state index < -0.39 is 5.82 Å². The van der Waals surface area contributed by atoms with Gasteiger partial charge in [-0.1, -0.05) is 35.9 Å². The minimum Gasteiger partial charge on any atom is -0.324 e. The molecule has 0 amide bonds. The maximum absolute atomic E-state index is 13.3. The van der Waals surface area contributed by atoms with E-state index in [2.05, 4.69) is 15.3 Å². The highest BCUT2D eigenvalue weighted by Gasteiger charge is 2.10. The molecule has 0 aliphatic heterocycles. The van der Waals surface area contributed by atoms with Gasteiger partial charge in [-0.15, -0.1) is 11.8 Å². The van der Waals surface area contributed by atoms with Gasteiger partial charge in [-0.05, 0) is 47.7 Å². The third kappa shape index (κ3) is 4.72. The van der Waals surface area contributed by atoms with Gasteiger partial charge < -0.3 is 5.32 Å². The highest BCUT2D eigenvalue weighted by atomic mass is 35.5. The molecule has 0 saturated heterocycles. The second kappa shape index (κ2) is 8.79. The van der Waals surface area contributed by atoms with E-state index in [0.29, 0.717) is 11.6 Å². The smallest absolute Gasteiger partial charge is 0.228 e. The van der Waals surface area contributed by atoms with E-state index in [9.17, 15) is 9.18 Å². The Morgan fingerprint density at radius 1 is 1.22 bits per heavy atom. The summed E-state index contributed by atoms with van der Waals surface area (Å²) in [5, 5.41) is 3.85. The number of hydrogen-bond donors (Lipinski definition) is 1. The Balaban J connectivity index is 1.91. The van der Waals surface area contributed by atoms with Gasteiger partial charge in [-0.25, -0.2) is 14.4 Å². The number of allylic oxidation sites excluding steroid dienone is 1. The zero-order valence-electron chi connectivity index (χ0n) is 14.3. The van der Waals surface area contributed by atoms with Gasteiger partial charge in [0.05, 0.1) is 5.02 Å². The Morgan fingerprint density at radius 2 is 2.07 bits per heavy atom. The number of nitrogens with zero attached hydrogens (tertiary/aromatic N) is 2. The van der Waals surface area contributed by atoms with E-state index >= 15 is 0 Å². The van der Waals surface area contributed by atoms with Crippen molar-refractivity contribution < 1.29 is 9.18 Å². The number of thioether (sulfide) groups is 1. The van der Waals surface area contributed by atoms with Gasteiger partial charge in [-0.3, -0.25) is 4.79 Å². The van der Waals surface area contributed by atoms with Gasteiger partial charge in [0.25, 0.3) is 0 Å². The summed E-state index contributed by atoms with van der Waals surface area (Å²) in [6.07, 6.45) is 7.59. The number of carbonyl (C=O) groups is 1. The molecule has 27 heavy (non-hydrogen) atoms. The number of aldehydes is 1. The maximum atomic E-state index is 13.3. The number of hydrogen-bond acceptors (Lipinski definition) is 5. The van der Waals surface area contributed by atoms with Crippen LogP contribution in [0.1, 0.15) is 5.56 Å². The van der Waals surface area contributed by atoms with Crippen molar-refractivity contribution in [1.29, 1.82) is 0 Å². The summed E-state index contributed by atoms with van der Waals surface area (Å²) in [4.78, 5) is 19.4. The standard InChI is InChI=1S/C20H15ClFN3OS/c1-27-19-16(14-6-2-4-13(10-14)5-3-9-26)12-23-20(25-19)24-15-7-8-18(22)17(21)11-15/h2-12H,1H3,(H,23,24,25)/b5-3+. The molecular formula is C20H15ClFN3OS. The van der Waals surface area contributed by atoms with Gasteiger partial charge in [-0.2, -0.15) is 0 Å². The van der Waals surface area contributed by atoms with E-state index in [1.165, 1.54) is 30.0 Å². The van der Waals surface area contributed by atoms with Crippen molar-refractivity contribution in [1.82, 2.24) is 9.97 Å². The molecule has 0 fully saturated rings. The van der Waals surface area contributed by atoms with Crippen LogP contribution >= 0.6 is 23.4 Å². The van der Waals surface area contributed by atoms with Crippen LogP contribution in [-0.4, -0.2) is 22.5 Å². The van der Waals surface area contributed by atoms with E-state index in [0.717, 1.165) is 28.0 Å². The number of halogens is 2. The number of aromatic nitrogens is 2. The fourth-order valence-corrected chi connectivity index (χ4v) is 3.19. The minimum atomic E-state index is -0.480. The molecule has 0 saturated carbocycles. The maximum Gasteiger partial charge on any atom is 0.228 e. The normalized spacial score (nSPS) is 10.9. The van der Waals surface area contributed by atoms with Crippen molar-refractivity contribution in [3.05, 3.63) is 71.1 Å². The van der Waals surface area contributed by atoms with Crippen molar-refractivity contribution in [2.75, 3.05) is 11.6 Å². The SMILES string of the molecule is CSc1nc(Nc2ccc(F)c(Cl)c2)ncc1-c1cccc(/C=C/C=O)c1. The van der Waals surface area contributed by atoms with Crippen molar-refractivity contribution in [3.63, 3.8) is 0 Å². The second-order valence-corrected chi connectivity index (χ2v) is 6.69. The quantitative estimate of drug-likeness (QED) is 0.252. The molecule has 136 valence electrons. The monoisotopic (exact) mass is 399 g/mol. The zero-order chi connectivity index (χ0) is 19.2. The Morgan fingerprint density at radius 3 is 2.81 bits per heavy atom. The summed E-state index contributed by atoms with van der Waals surface area (Å²) in [5.41, 5.74) is 3.34. The lowest BCUT2D eigenvalue weighted by Crippen LogP contribution is -1.99. The van der Waals surface area contributed by atoms with Crippen LogP contribution in [0.4, 0.5) is 16.0 Å². The summed E-state index contributed by atoms with van der Waals surface area (Å²) in [7, 11) is 0. The molecular weight excluding hydrogens is 385 g/mol. The van der Waals surface area contributed by atoms with Crippen molar-refractivity contribution in [2.45, 2.75) is 5.03 Å². The molecule has 3 rings (SSSR count). The Hall–Kier alpha value is -2.70. The molecule has 3 aromatic rings. The first-order chi connectivity index (χ1) is 13.1. The van der Waals surface area contributed by atoms with E-state index in [4.69, 9.17) is 11.6 Å². The molecule has 0 aliphatic rings. The van der Waals surface area contributed by atoms with Crippen LogP contribution in [0.2, 0.25) is 5.02 Å². The van der Waals surface area contributed by atoms with Gasteiger partial charge >= 0.3 is 0 Å². The molecule has 2 aromatic carbocycles. The highest BCUT2D eigenvalue weighted by Crippen LogP contribution is 2.30. The topological polar surface area (TPSA) is 54.9 Å². The molecule has 1 heterocycles. The molecule has 0 bridgehead atoms. The van der Waals surface area contributed by atoms with Crippen LogP contribution in [0.15, 0.2) is 59.8 Å². The predicted octanol–water partition coefficient (Wildman–Crippen LogP) is 5.61. The molecule has 1 N–H and O–H groups in total. The van der Waals surface area contributed by atoms with Gasteiger partial charge in [0.2, 0.25) is 5.95 Å². The largest absolute Gasteiger partial charge is 0.324 e.